The Morgan fingerprint density at radius 2 is 2.00 bits per heavy atom. The van der Waals surface area contributed by atoms with Crippen molar-refractivity contribution in [3.05, 3.63) is 64.0 Å². The lowest BCUT2D eigenvalue weighted by atomic mass is 10.1. The molecule has 0 aliphatic carbocycles. The maximum atomic E-state index is 12.6. The third-order valence-corrected chi connectivity index (χ3v) is 4.52. The average molecular weight is 360 g/mol. The van der Waals surface area contributed by atoms with Crippen LogP contribution in [0.4, 0.5) is 16.6 Å². The number of nitrogens with one attached hydrogen (secondary N) is 1. The van der Waals surface area contributed by atoms with Gasteiger partial charge in [0, 0.05) is 16.3 Å². The molecule has 0 saturated carbocycles. The van der Waals surface area contributed by atoms with Gasteiger partial charge in [-0.2, -0.15) is 0 Å². The van der Waals surface area contributed by atoms with Crippen molar-refractivity contribution in [1.29, 1.82) is 0 Å². The van der Waals surface area contributed by atoms with Gasteiger partial charge in [0.15, 0.2) is 5.13 Å². The van der Waals surface area contributed by atoms with Crippen molar-refractivity contribution in [2.45, 2.75) is 0 Å². The average Bonchev–Trinajstić information content (AvgIpc) is 2.96. The van der Waals surface area contributed by atoms with Crippen LogP contribution in [0.2, 0.25) is 5.02 Å². The molecule has 0 bridgehead atoms. The number of thiazole rings is 1. The molecule has 0 atom stereocenters. The number of hydrogen-bond donors (Lipinski definition) is 2. The fraction of sp³-hybridized carbons (Fsp3) is 0.0588. The van der Waals surface area contributed by atoms with Crippen LogP contribution >= 0.6 is 22.9 Å². The summed E-state index contributed by atoms with van der Waals surface area (Å²) in [5.74, 6) is 0.626. The Morgan fingerprint density at radius 1 is 1.25 bits per heavy atom. The molecule has 122 valence electrons. The fourth-order valence-corrected chi connectivity index (χ4v) is 3.09. The van der Waals surface area contributed by atoms with Gasteiger partial charge in [-0.25, -0.2) is 4.98 Å². The van der Waals surface area contributed by atoms with E-state index in [0.717, 1.165) is 5.69 Å². The summed E-state index contributed by atoms with van der Waals surface area (Å²) in [5.41, 5.74) is 7.23. The number of ether oxygens (including phenoxy) is 1. The molecular formula is C17H14ClN3O2S. The number of carbonyl (C=O) groups excluding carboxylic acids is 1. The van der Waals surface area contributed by atoms with E-state index in [-0.39, 0.29) is 11.6 Å². The summed E-state index contributed by atoms with van der Waals surface area (Å²) < 4.78 is 5.15. The van der Waals surface area contributed by atoms with Gasteiger partial charge in [-0.3, -0.25) is 4.79 Å². The number of halogens is 1. The van der Waals surface area contributed by atoms with Crippen LogP contribution in [-0.2, 0) is 0 Å². The van der Waals surface area contributed by atoms with E-state index in [4.69, 9.17) is 22.1 Å². The topological polar surface area (TPSA) is 77.2 Å². The number of carbonyl (C=O) groups is 1. The molecule has 3 aromatic rings. The minimum Gasteiger partial charge on any atom is -0.497 e. The number of aromatic nitrogens is 1. The van der Waals surface area contributed by atoms with Crippen molar-refractivity contribution in [1.82, 2.24) is 4.98 Å². The van der Waals surface area contributed by atoms with Crippen LogP contribution in [0.25, 0.3) is 0 Å². The molecule has 24 heavy (non-hydrogen) atoms. The van der Waals surface area contributed by atoms with Crippen LogP contribution in [0, 0.1) is 0 Å². The SMILES string of the molecule is COc1cccc(C(=O)c2sc(Nc3ccc(Cl)cc3)nc2N)c1. The highest BCUT2D eigenvalue weighted by atomic mass is 35.5. The summed E-state index contributed by atoms with van der Waals surface area (Å²) in [6.07, 6.45) is 0. The molecule has 0 unspecified atom stereocenters. The molecule has 0 saturated heterocycles. The van der Waals surface area contributed by atoms with Gasteiger partial charge < -0.3 is 15.8 Å². The number of benzene rings is 2. The molecule has 5 nitrogen and oxygen atoms in total. The molecule has 1 aromatic heterocycles. The van der Waals surface area contributed by atoms with Gasteiger partial charge >= 0.3 is 0 Å². The molecule has 0 aliphatic rings. The van der Waals surface area contributed by atoms with Gasteiger partial charge in [-0.1, -0.05) is 35.1 Å². The van der Waals surface area contributed by atoms with Crippen molar-refractivity contribution < 1.29 is 9.53 Å². The number of nitrogens with zero attached hydrogens (tertiary/aromatic N) is 1. The minimum atomic E-state index is -0.187. The standard InChI is InChI=1S/C17H14ClN3O2S/c1-23-13-4-2-3-10(9-13)14(22)15-16(19)21-17(24-15)20-12-7-5-11(18)6-8-12/h2-9H,19H2,1H3,(H,20,21). The van der Waals surface area contributed by atoms with Crippen LogP contribution < -0.4 is 15.8 Å². The van der Waals surface area contributed by atoms with Gasteiger partial charge in [0.05, 0.1) is 7.11 Å². The zero-order valence-corrected chi connectivity index (χ0v) is 14.3. The molecule has 1 heterocycles. The Kier molecular flexibility index (Phi) is 4.69. The summed E-state index contributed by atoms with van der Waals surface area (Å²) in [4.78, 5) is 17.2. The molecule has 7 heteroatoms. The molecular weight excluding hydrogens is 346 g/mol. The van der Waals surface area contributed by atoms with E-state index in [1.54, 1.807) is 43.5 Å². The van der Waals surface area contributed by atoms with Gasteiger partial charge in [0.2, 0.25) is 5.78 Å². The van der Waals surface area contributed by atoms with Crippen LogP contribution in [0.15, 0.2) is 48.5 Å². The Balaban J connectivity index is 1.85. The lowest BCUT2D eigenvalue weighted by Gasteiger charge is -2.02. The second-order valence-corrected chi connectivity index (χ2v) is 6.36. The Hall–Kier alpha value is -2.57. The lowest BCUT2D eigenvalue weighted by Crippen LogP contribution is -2.02. The Bertz CT molecular complexity index is 878. The van der Waals surface area contributed by atoms with Crippen molar-refractivity contribution in [3.8, 4) is 5.75 Å². The summed E-state index contributed by atoms with van der Waals surface area (Å²) in [5, 5.41) is 4.30. The number of ketones is 1. The quantitative estimate of drug-likeness (QED) is 0.662. The van der Waals surface area contributed by atoms with Crippen molar-refractivity contribution in [3.63, 3.8) is 0 Å². The van der Waals surface area contributed by atoms with Crippen molar-refractivity contribution in [2.75, 3.05) is 18.2 Å². The number of nitrogens with two attached hydrogens (primary N) is 1. The first-order valence-corrected chi connectivity index (χ1v) is 8.24. The number of anilines is 3. The Morgan fingerprint density at radius 3 is 2.71 bits per heavy atom. The summed E-state index contributed by atoms with van der Waals surface area (Å²) in [6, 6.07) is 14.1. The van der Waals surface area contributed by atoms with Crippen LogP contribution in [-0.4, -0.2) is 17.9 Å². The van der Waals surface area contributed by atoms with Crippen LogP contribution in [0.3, 0.4) is 0 Å². The summed E-state index contributed by atoms with van der Waals surface area (Å²) in [7, 11) is 1.55. The number of rotatable bonds is 5. The molecule has 2 aromatic carbocycles. The molecule has 3 N–H and O–H groups in total. The zero-order chi connectivity index (χ0) is 17.1. The number of nitrogen functional groups attached to an aromatic ring is 1. The highest BCUT2D eigenvalue weighted by molar-refractivity contribution is 7.18. The number of hydrogen-bond acceptors (Lipinski definition) is 6. The summed E-state index contributed by atoms with van der Waals surface area (Å²) in [6.45, 7) is 0. The molecule has 0 aliphatic heterocycles. The highest BCUT2D eigenvalue weighted by Gasteiger charge is 2.18. The van der Waals surface area contributed by atoms with Crippen LogP contribution in [0.5, 0.6) is 5.75 Å². The van der Waals surface area contributed by atoms with Gasteiger partial charge in [-0.15, -0.1) is 0 Å². The maximum absolute atomic E-state index is 12.6. The van der Waals surface area contributed by atoms with E-state index in [1.807, 2.05) is 12.1 Å². The van der Waals surface area contributed by atoms with E-state index >= 15 is 0 Å². The first kappa shape index (κ1) is 16.3. The summed E-state index contributed by atoms with van der Waals surface area (Å²) >= 11 is 7.07. The molecule has 0 fully saturated rings. The zero-order valence-electron chi connectivity index (χ0n) is 12.7. The highest BCUT2D eigenvalue weighted by Crippen LogP contribution is 2.30. The van der Waals surface area contributed by atoms with E-state index in [0.29, 0.717) is 26.3 Å². The van der Waals surface area contributed by atoms with Gasteiger partial charge in [-0.05, 0) is 36.4 Å². The van der Waals surface area contributed by atoms with Crippen LogP contribution in [0.1, 0.15) is 15.2 Å². The predicted molar refractivity (Wildman–Crippen MR) is 97.7 cm³/mol. The van der Waals surface area contributed by atoms with E-state index < -0.39 is 0 Å². The lowest BCUT2D eigenvalue weighted by molar-refractivity contribution is 0.104. The van der Waals surface area contributed by atoms with Gasteiger partial charge in [0.1, 0.15) is 16.4 Å². The normalized spacial score (nSPS) is 10.4. The first-order valence-electron chi connectivity index (χ1n) is 7.04. The number of methoxy groups -OCH3 is 1. The first-order chi connectivity index (χ1) is 11.6. The van der Waals surface area contributed by atoms with Crippen molar-refractivity contribution in [2.24, 2.45) is 0 Å². The fourth-order valence-electron chi connectivity index (χ4n) is 2.10. The monoisotopic (exact) mass is 359 g/mol. The molecule has 3 rings (SSSR count). The largest absolute Gasteiger partial charge is 0.497 e. The van der Waals surface area contributed by atoms with E-state index in [2.05, 4.69) is 10.3 Å². The van der Waals surface area contributed by atoms with Crippen molar-refractivity contribution >= 4 is 45.4 Å². The minimum absolute atomic E-state index is 0.187. The second kappa shape index (κ2) is 6.90. The molecule has 0 spiro atoms. The van der Waals surface area contributed by atoms with E-state index in [1.165, 1.54) is 11.3 Å². The van der Waals surface area contributed by atoms with E-state index in [9.17, 15) is 4.79 Å². The third-order valence-electron chi connectivity index (χ3n) is 3.29. The Labute approximate surface area is 148 Å². The predicted octanol–water partition coefficient (Wildman–Crippen LogP) is 4.36. The molecule has 0 radical (unpaired) electrons. The molecule has 0 amide bonds. The third kappa shape index (κ3) is 3.50. The second-order valence-electron chi connectivity index (χ2n) is 4.93. The maximum Gasteiger partial charge on any atom is 0.206 e. The smallest absolute Gasteiger partial charge is 0.206 e. The van der Waals surface area contributed by atoms with Gasteiger partial charge in [0.25, 0.3) is 0 Å².